The number of carbonyl (C=O) groups excluding carboxylic acids is 1. The molecule has 0 radical (unpaired) electrons. The van der Waals surface area contributed by atoms with Gasteiger partial charge in [0.15, 0.2) is 40.6 Å². The zero-order valence-electron chi connectivity index (χ0n) is 28.7. The summed E-state index contributed by atoms with van der Waals surface area (Å²) in [5, 5.41) is 10.7. The fraction of sp³-hybridized carbons (Fsp3) is 0.297. The molecule has 13 nitrogen and oxygen atoms in total. The van der Waals surface area contributed by atoms with E-state index in [0.29, 0.717) is 52.2 Å². The summed E-state index contributed by atoms with van der Waals surface area (Å²) in [5.74, 6) is 3.53. The lowest BCUT2D eigenvalue weighted by Crippen LogP contribution is -2.38. The van der Waals surface area contributed by atoms with E-state index in [9.17, 15) is 4.79 Å². The van der Waals surface area contributed by atoms with E-state index in [1.165, 1.54) is 0 Å². The molecule has 0 spiro atoms. The molecular weight excluding hydrogens is 644 g/mol. The number of methoxy groups -OCH3 is 5. The SMILES string of the molecule is COc1cc(C2NC(=O)c3ccccc3N2)ccc1OCC(C)NOc1cc(C2CC(c3cc(OC)c(OC)c(OC)c3)=NO2)ccc1OC. The van der Waals surface area contributed by atoms with Crippen LogP contribution in [-0.2, 0) is 4.84 Å². The number of amides is 1. The van der Waals surface area contributed by atoms with Gasteiger partial charge in [-0.3, -0.25) is 4.79 Å². The lowest BCUT2D eigenvalue weighted by molar-refractivity contribution is 0.0846. The summed E-state index contributed by atoms with van der Waals surface area (Å²) < 4.78 is 33.7. The van der Waals surface area contributed by atoms with Gasteiger partial charge in [-0.15, -0.1) is 0 Å². The van der Waals surface area contributed by atoms with Gasteiger partial charge in [0.2, 0.25) is 5.75 Å². The molecule has 50 heavy (non-hydrogen) atoms. The van der Waals surface area contributed by atoms with Crippen molar-refractivity contribution >= 4 is 17.3 Å². The smallest absolute Gasteiger partial charge is 0.255 e. The second-order valence-electron chi connectivity index (χ2n) is 11.6. The van der Waals surface area contributed by atoms with Crippen LogP contribution in [0.1, 0.15) is 52.7 Å². The first-order valence-corrected chi connectivity index (χ1v) is 16.0. The predicted molar refractivity (Wildman–Crippen MR) is 186 cm³/mol. The molecule has 262 valence electrons. The quantitative estimate of drug-likeness (QED) is 0.139. The molecule has 4 aromatic carbocycles. The minimum Gasteiger partial charge on any atom is -0.493 e. The van der Waals surface area contributed by atoms with E-state index in [4.69, 9.17) is 38.1 Å². The maximum absolute atomic E-state index is 12.6. The minimum atomic E-state index is -0.414. The van der Waals surface area contributed by atoms with Gasteiger partial charge in [0.1, 0.15) is 12.8 Å². The van der Waals surface area contributed by atoms with E-state index in [0.717, 1.165) is 28.1 Å². The van der Waals surface area contributed by atoms with Crippen LogP contribution in [0.2, 0.25) is 0 Å². The Balaban J connectivity index is 1.07. The first-order valence-electron chi connectivity index (χ1n) is 16.0. The van der Waals surface area contributed by atoms with E-state index in [2.05, 4.69) is 21.3 Å². The molecule has 1 amide bonds. The lowest BCUT2D eigenvalue weighted by atomic mass is 9.99. The van der Waals surface area contributed by atoms with E-state index in [-0.39, 0.29) is 24.7 Å². The minimum absolute atomic E-state index is 0.143. The Bertz CT molecular complexity index is 1860. The zero-order chi connectivity index (χ0) is 35.2. The topological polar surface area (TPSA) is 139 Å². The van der Waals surface area contributed by atoms with Crippen LogP contribution >= 0.6 is 0 Å². The number of nitrogens with one attached hydrogen (secondary N) is 3. The third-order valence-corrected chi connectivity index (χ3v) is 8.35. The number of ether oxygens (including phenoxy) is 6. The van der Waals surface area contributed by atoms with Crippen LogP contribution < -0.4 is 49.4 Å². The van der Waals surface area contributed by atoms with Gasteiger partial charge in [-0.05, 0) is 66.6 Å². The Morgan fingerprint density at radius 1 is 0.780 bits per heavy atom. The lowest BCUT2D eigenvalue weighted by Gasteiger charge is -2.28. The highest BCUT2D eigenvalue weighted by Gasteiger charge is 2.28. The van der Waals surface area contributed by atoms with Crippen molar-refractivity contribution in [2.45, 2.75) is 31.7 Å². The average molecular weight is 685 g/mol. The highest BCUT2D eigenvalue weighted by molar-refractivity contribution is 6.02. The highest BCUT2D eigenvalue weighted by atomic mass is 16.7. The van der Waals surface area contributed by atoms with Gasteiger partial charge < -0.3 is 48.7 Å². The van der Waals surface area contributed by atoms with E-state index in [1.54, 1.807) is 41.6 Å². The molecule has 3 atom stereocenters. The van der Waals surface area contributed by atoms with Gasteiger partial charge in [-0.1, -0.05) is 29.4 Å². The monoisotopic (exact) mass is 684 g/mol. The summed E-state index contributed by atoms with van der Waals surface area (Å²) >= 11 is 0. The molecule has 13 heteroatoms. The van der Waals surface area contributed by atoms with Crippen molar-refractivity contribution in [2.75, 3.05) is 47.5 Å². The molecule has 2 aliphatic rings. The maximum atomic E-state index is 12.6. The van der Waals surface area contributed by atoms with Crippen LogP contribution in [0.5, 0.6) is 40.2 Å². The van der Waals surface area contributed by atoms with Gasteiger partial charge in [0.05, 0.1) is 52.9 Å². The van der Waals surface area contributed by atoms with Crippen LogP contribution in [0.4, 0.5) is 5.69 Å². The summed E-state index contributed by atoms with van der Waals surface area (Å²) in [6.07, 6.45) is -0.248. The summed E-state index contributed by atoms with van der Waals surface area (Å²) in [7, 11) is 7.86. The van der Waals surface area contributed by atoms with Crippen molar-refractivity contribution < 1.29 is 42.9 Å². The molecule has 0 fully saturated rings. The first-order chi connectivity index (χ1) is 24.3. The predicted octanol–water partition coefficient (Wildman–Crippen LogP) is 5.80. The largest absolute Gasteiger partial charge is 0.493 e. The number of anilines is 1. The maximum Gasteiger partial charge on any atom is 0.255 e. The number of nitrogens with zero attached hydrogens (tertiary/aromatic N) is 1. The van der Waals surface area contributed by atoms with Gasteiger partial charge in [0.25, 0.3) is 5.91 Å². The summed E-state index contributed by atoms with van der Waals surface area (Å²) in [4.78, 5) is 24.5. The number of hydroxylamine groups is 1. The zero-order valence-corrected chi connectivity index (χ0v) is 28.7. The van der Waals surface area contributed by atoms with Crippen molar-refractivity contribution in [2.24, 2.45) is 5.16 Å². The average Bonchev–Trinajstić information content (AvgIpc) is 3.66. The highest BCUT2D eigenvalue weighted by Crippen LogP contribution is 2.41. The fourth-order valence-electron chi connectivity index (χ4n) is 5.72. The van der Waals surface area contributed by atoms with Crippen LogP contribution in [0.25, 0.3) is 0 Å². The number of hydrogen-bond acceptors (Lipinski definition) is 12. The molecule has 3 unspecified atom stereocenters. The number of oxime groups is 1. The van der Waals surface area contributed by atoms with Crippen molar-refractivity contribution in [1.82, 2.24) is 10.8 Å². The van der Waals surface area contributed by atoms with Gasteiger partial charge in [-0.25, -0.2) is 0 Å². The molecule has 3 N–H and O–H groups in total. The second-order valence-corrected chi connectivity index (χ2v) is 11.6. The Morgan fingerprint density at radius 2 is 1.46 bits per heavy atom. The van der Waals surface area contributed by atoms with Crippen LogP contribution in [0, 0.1) is 0 Å². The second kappa shape index (κ2) is 15.2. The Morgan fingerprint density at radius 3 is 2.18 bits per heavy atom. The van der Waals surface area contributed by atoms with Crippen molar-refractivity contribution in [3.05, 3.63) is 95.1 Å². The third kappa shape index (κ3) is 7.13. The van der Waals surface area contributed by atoms with Crippen LogP contribution in [-0.4, -0.2) is 59.8 Å². The molecular formula is C37H40N4O9. The molecule has 0 saturated heterocycles. The molecule has 0 bridgehead atoms. The van der Waals surface area contributed by atoms with E-state index in [1.807, 2.05) is 73.7 Å². The van der Waals surface area contributed by atoms with Gasteiger partial charge in [-0.2, -0.15) is 5.48 Å². The number of benzene rings is 4. The van der Waals surface area contributed by atoms with Crippen LogP contribution in [0.15, 0.2) is 78.0 Å². The number of rotatable bonds is 14. The van der Waals surface area contributed by atoms with E-state index >= 15 is 0 Å². The van der Waals surface area contributed by atoms with Crippen molar-refractivity contribution in [1.29, 1.82) is 0 Å². The van der Waals surface area contributed by atoms with Gasteiger partial charge in [0, 0.05) is 17.7 Å². The summed E-state index contributed by atoms with van der Waals surface area (Å²) in [6.45, 7) is 2.19. The molecule has 2 aliphatic heterocycles. The Kier molecular flexibility index (Phi) is 10.3. The molecule has 4 aromatic rings. The Hall–Kier alpha value is -5.82. The van der Waals surface area contributed by atoms with Gasteiger partial charge >= 0.3 is 0 Å². The number of para-hydroxylation sites is 1. The molecule has 2 heterocycles. The Labute approximate surface area is 290 Å². The van der Waals surface area contributed by atoms with Crippen molar-refractivity contribution in [3.63, 3.8) is 0 Å². The van der Waals surface area contributed by atoms with Crippen LogP contribution in [0.3, 0.4) is 0 Å². The van der Waals surface area contributed by atoms with Crippen molar-refractivity contribution in [3.8, 4) is 40.2 Å². The number of carbonyl (C=O) groups is 1. The summed E-state index contributed by atoms with van der Waals surface area (Å²) in [5.41, 5.74) is 7.63. The third-order valence-electron chi connectivity index (χ3n) is 8.35. The van der Waals surface area contributed by atoms with E-state index < -0.39 is 6.17 Å². The standard InChI is InChI=1S/C37H40N4O9/c1-21(20-48-29-14-12-23(16-31(29)44-3)36-38-26-10-8-7-9-25(26)37(42)39-36)40-50-32-15-22(11-13-28(32)43-2)30-19-27(41-49-30)24-17-33(45-4)35(47-6)34(18-24)46-5/h7-18,21,30,36,38,40H,19-20H2,1-6H3,(H,39,42). The molecule has 0 saturated carbocycles. The molecule has 6 rings (SSSR count). The first kappa shape index (κ1) is 34.1. The number of fused-ring (bicyclic) bond motifs is 1. The normalized spacial score (nSPS) is 16.8. The molecule has 0 aliphatic carbocycles. The molecule has 0 aromatic heterocycles. The number of hydrogen-bond donors (Lipinski definition) is 3. The summed E-state index contributed by atoms with van der Waals surface area (Å²) in [6, 6.07) is 22.0. The fourth-order valence-corrected chi connectivity index (χ4v) is 5.72.